The Morgan fingerprint density at radius 1 is 1.17 bits per heavy atom. The molecule has 0 saturated carbocycles. The highest BCUT2D eigenvalue weighted by molar-refractivity contribution is 5.94. The van der Waals surface area contributed by atoms with E-state index in [4.69, 9.17) is 5.11 Å². The molecule has 0 aliphatic heterocycles. The van der Waals surface area contributed by atoms with Crippen LogP contribution in [-0.4, -0.2) is 32.4 Å². The van der Waals surface area contributed by atoms with Crippen molar-refractivity contribution in [1.82, 2.24) is 0 Å². The van der Waals surface area contributed by atoms with Crippen LogP contribution in [0.5, 0.6) is 11.5 Å². The van der Waals surface area contributed by atoms with Crippen molar-refractivity contribution in [2.24, 2.45) is 5.92 Å². The first-order valence-electron chi connectivity index (χ1n) is 9.99. The Morgan fingerprint density at radius 2 is 1.86 bits per heavy atom. The second kappa shape index (κ2) is 9.63. The quantitative estimate of drug-likeness (QED) is 0.341. The van der Waals surface area contributed by atoms with Gasteiger partial charge in [-0.25, -0.2) is 4.79 Å². The Kier molecular flexibility index (Phi) is 7.48. The molecule has 0 unspecified atom stereocenters. The van der Waals surface area contributed by atoms with Gasteiger partial charge in [-0.1, -0.05) is 30.2 Å². The molecular weight excluding hydrogens is 372 g/mol. The van der Waals surface area contributed by atoms with Crippen LogP contribution in [0.2, 0.25) is 0 Å². The van der Waals surface area contributed by atoms with Crippen LogP contribution in [0.3, 0.4) is 0 Å². The van der Waals surface area contributed by atoms with Crippen LogP contribution in [0.4, 0.5) is 0 Å². The number of aryl methyl sites for hydroxylation is 1. The number of unbranched alkanes of at least 4 members (excludes halogenated alkanes) is 2. The molecule has 6 nitrogen and oxygen atoms in total. The van der Waals surface area contributed by atoms with Gasteiger partial charge >= 0.3 is 11.9 Å². The lowest BCUT2D eigenvalue weighted by Gasteiger charge is -2.32. The van der Waals surface area contributed by atoms with Gasteiger partial charge in [-0.05, 0) is 63.5 Å². The highest BCUT2D eigenvalue weighted by atomic mass is 16.4. The van der Waals surface area contributed by atoms with Gasteiger partial charge in [-0.2, -0.15) is 0 Å². The second-order valence-electron chi connectivity index (χ2n) is 7.98. The summed E-state index contributed by atoms with van der Waals surface area (Å²) in [6.07, 6.45) is 5.81. The summed E-state index contributed by atoms with van der Waals surface area (Å²) in [5.41, 5.74) is 2.47. The molecule has 4 N–H and O–H groups in total. The third kappa shape index (κ3) is 5.40. The predicted octanol–water partition coefficient (Wildman–Crippen LogP) is 5.00. The third-order valence-corrected chi connectivity index (χ3v) is 5.66. The van der Waals surface area contributed by atoms with Gasteiger partial charge in [-0.15, -0.1) is 0 Å². The number of aliphatic carboxylic acids is 1. The van der Waals surface area contributed by atoms with Crippen molar-refractivity contribution >= 4 is 11.9 Å². The molecule has 29 heavy (non-hydrogen) atoms. The van der Waals surface area contributed by atoms with Crippen molar-refractivity contribution in [3.8, 4) is 11.5 Å². The Balaban J connectivity index is 2.39. The van der Waals surface area contributed by atoms with Crippen LogP contribution >= 0.6 is 0 Å². The molecular formula is C23H30O6. The summed E-state index contributed by atoms with van der Waals surface area (Å²) < 4.78 is 0. The minimum Gasteiger partial charge on any atom is -0.507 e. The first-order valence-corrected chi connectivity index (χ1v) is 9.99. The highest BCUT2D eigenvalue weighted by Gasteiger charge is 2.32. The maximum atomic E-state index is 11.9. The molecule has 0 aromatic heterocycles. The van der Waals surface area contributed by atoms with Crippen LogP contribution in [0, 0.1) is 5.92 Å². The second-order valence-corrected chi connectivity index (χ2v) is 7.98. The monoisotopic (exact) mass is 402 g/mol. The number of carboxylic acid groups (broad SMARTS) is 2. The predicted molar refractivity (Wildman–Crippen MR) is 111 cm³/mol. The van der Waals surface area contributed by atoms with Crippen LogP contribution in [0.25, 0.3) is 0 Å². The number of phenolic OH excluding ortho intramolecular Hbond substituents is 1. The van der Waals surface area contributed by atoms with Crippen molar-refractivity contribution in [2.75, 3.05) is 0 Å². The van der Waals surface area contributed by atoms with Crippen molar-refractivity contribution in [3.05, 3.63) is 46.6 Å². The summed E-state index contributed by atoms with van der Waals surface area (Å²) in [5.74, 6) is -2.93. The normalized spacial score (nSPS) is 18.9. The Morgan fingerprint density at radius 3 is 2.45 bits per heavy atom. The SMILES string of the molecule is C=C(C)[C@@H]1CCC(C)=C[C@H]1c1c(O)cc(CCCCCC(=O)O)c(C(=O)O)c1O. The number of rotatable bonds is 9. The van der Waals surface area contributed by atoms with E-state index in [2.05, 4.69) is 6.58 Å². The molecule has 2 atom stereocenters. The molecule has 158 valence electrons. The molecule has 0 bridgehead atoms. The zero-order valence-electron chi connectivity index (χ0n) is 17.1. The Labute approximate surface area is 171 Å². The minimum atomic E-state index is -1.24. The number of aromatic carboxylic acids is 1. The molecule has 2 rings (SSSR count). The lowest BCUT2D eigenvalue weighted by molar-refractivity contribution is -0.137. The topological polar surface area (TPSA) is 115 Å². The zero-order valence-corrected chi connectivity index (χ0v) is 17.1. The summed E-state index contributed by atoms with van der Waals surface area (Å²) in [4.78, 5) is 22.5. The van der Waals surface area contributed by atoms with Crippen molar-refractivity contribution in [3.63, 3.8) is 0 Å². The number of allylic oxidation sites excluding steroid dienone is 3. The molecule has 0 radical (unpaired) electrons. The van der Waals surface area contributed by atoms with Gasteiger partial charge in [0.15, 0.2) is 0 Å². The maximum Gasteiger partial charge on any atom is 0.339 e. The molecule has 0 amide bonds. The van der Waals surface area contributed by atoms with Crippen molar-refractivity contribution in [1.29, 1.82) is 0 Å². The average molecular weight is 402 g/mol. The number of carboxylic acids is 2. The van der Waals surface area contributed by atoms with Crippen LogP contribution in [0.15, 0.2) is 29.9 Å². The van der Waals surface area contributed by atoms with E-state index >= 15 is 0 Å². The molecule has 0 saturated heterocycles. The van der Waals surface area contributed by atoms with Gasteiger partial charge in [0.05, 0.1) is 0 Å². The first-order chi connectivity index (χ1) is 13.6. The lowest BCUT2D eigenvalue weighted by Crippen LogP contribution is -2.18. The standard InChI is InChI=1S/C23H30O6/c1-13(2)16-10-9-14(3)11-17(16)21-18(24)12-15(20(22(21)27)23(28)29)7-5-4-6-8-19(25)26/h11-12,16-17,24,27H,1,4-10H2,2-3H3,(H,25,26)(H,28,29)/t16-,17+/m0/s1. The molecule has 1 aromatic rings. The van der Waals surface area contributed by atoms with Crippen molar-refractivity contribution < 1.29 is 30.0 Å². The Hall–Kier alpha value is -2.76. The fourth-order valence-electron chi connectivity index (χ4n) is 4.16. The number of benzene rings is 1. The molecule has 0 spiro atoms. The molecule has 1 aromatic carbocycles. The molecule has 1 aliphatic carbocycles. The minimum absolute atomic E-state index is 0.0130. The van der Waals surface area contributed by atoms with E-state index < -0.39 is 11.9 Å². The maximum absolute atomic E-state index is 11.9. The smallest absolute Gasteiger partial charge is 0.339 e. The molecule has 0 heterocycles. The number of hydrogen-bond acceptors (Lipinski definition) is 4. The van der Waals surface area contributed by atoms with Gasteiger partial charge in [0.25, 0.3) is 0 Å². The van der Waals surface area contributed by atoms with E-state index in [0.717, 1.165) is 24.0 Å². The number of hydrogen-bond donors (Lipinski definition) is 4. The highest BCUT2D eigenvalue weighted by Crippen LogP contribution is 2.48. The summed E-state index contributed by atoms with van der Waals surface area (Å²) in [6.45, 7) is 7.93. The summed E-state index contributed by atoms with van der Waals surface area (Å²) in [6, 6.07) is 1.43. The largest absolute Gasteiger partial charge is 0.507 e. The average Bonchev–Trinajstić information content (AvgIpc) is 2.60. The zero-order chi connectivity index (χ0) is 21.7. The van der Waals surface area contributed by atoms with E-state index in [1.807, 2.05) is 19.9 Å². The van der Waals surface area contributed by atoms with Gasteiger partial charge in [0, 0.05) is 17.9 Å². The van der Waals surface area contributed by atoms with E-state index in [-0.39, 0.29) is 40.9 Å². The molecule has 1 aliphatic rings. The van der Waals surface area contributed by atoms with Crippen LogP contribution in [-0.2, 0) is 11.2 Å². The number of phenols is 2. The fraction of sp³-hybridized carbons (Fsp3) is 0.478. The van der Waals surface area contributed by atoms with Crippen LogP contribution in [0.1, 0.15) is 79.8 Å². The van der Waals surface area contributed by atoms with Gasteiger partial charge in [-0.3, -0.25) is 4.79 Å². The van der Waals surface area contributed by atoms with E-state index in [1.54, 1.807) is 0 Å². The summed E-state index contributed by atoms with van der Waals surface area (Å²) in [7, 11) is 0. The lowest BCUT2D eigenvalue weighted by atomic mass is 9.73. The first kappa shape index (κ1) is 22.5. The third-order valence-electron chi connectivity index (χ3n) is 5.66. The van der Waals surface area contributed by atoms with E-state index in [0.29, 0.717) is 31.2 Å². The van der Waals surface area contributed by atoms with Gasteiger partial charge in [0.2, 0.25) is 0 Å². The number of aromatic hydroxyl groups is 2. The summed E-state index contributed by atoms with van der Waals surface area (Å²) >= 11 is 0. The van der Waals surface area contributed by atoms with Crippen molar-refractivity contribution in [2.45, 2.75) is 64.7 Å². The molecule has 0 fully saturated rings. The summed E-state index contributed by atoms with van der Waals surface area (Å²) in [5, 5.41) is 40.0. The molecule has 6 heteroatoms. The van der Waals surface area contributed by atoms with Gasteiger partial charge in [0.1, 0.15) is 17.1 Å². The van der Waals surface area contributed by atoms with Crippen LogP contribution < -0.4 is 0 Å². The Bertz CT molecular complexity index is 836. The van der Waals surface area contributed by atoms with E-state index in [1.165, 1.54) is 6.07 Å². The number of carbonyl (C=O) groups is 2. The van der Waals surface area contributed by atoms with E-state index in [9.17, 15) is 24.9 Å². The fourth-order valence-corrected chi connectivity index (χ4v) is 4.16. The van der Waals surface area contributed by atoms with Gasteiger partial charge < -0.3 is 20.4 Å².